The molecule has 0 aliphatic carbocycles. The summed E-state index contributed by atoms with van der Waals surface area (Å²) in [5.74, 6) is 1.73. The van der Waals surface area contributed by atoms with Crippen LogP contribution in [0.3, 0.4) is 0 Å². The van der Waals surface area contributed by atoms with Crippen LogP contribution in [0.5, 0.6) is 0 Å². The Bertz CT molecular complexity index is 926. The van der Waals surface area contributed by atoms with E-state index < -0.39 is 0 Å². The maximum Gasteiger partial charge on any atom is 0.230 e. The van der Waals surface area contributed by atoms with Crippen molar-refractivity contribution in [1.82, 2.24) is 25.0 Å². The Morgan fingerprint density at radius 2 is 2.10 bits per heavy atom. The summed E-state index contributed by atoms with van der Waals surface area (Å²) in [6.07, 6.45) is 2.60. The number of carbonyl (C=O) groups excluding carboxylic acids is 1. The Hall–Kier alpha value is -2.58. The first-order valence-corrected chi connectivity index (χ1v) is 10.9. The molecule has 0 radical (unpaired) electrons. The lowest BCUT2D eigenvalue weighted by Gasteiger charge is -2.16. The molecule has 152 valence electrons. The summed E-state index contributed by atoms with van der Waals surface area (Å²) in [6.45, 7) is 5.56. The summed E-state index contributed by atoms with van der Waals surface area (Å²) in [5.41, 5.74) is 1.31. The normalized spacial score (nSPS) is 16.9. The fourth-order valence-corrected chi connectivity index (χ4v) is 4.42. The SMILES string of the molecule is CCn1c(SCC(=O)N[C@@H]2CCN(Cc3ccccc3)C2)nnc1-c1ccco1. The Kier molecular flexibility index (Phi) is 6.31. The third-order valence-electron chi connectivity index (χ3n) is 4.99. The molecular weight excluding hydrogens is 386 g/mol. The summed E-state index contributed by atoms with van der Waals surface area (Å²) in [7, 11) is 0. The van der Waals surface area contributed by atoms with Crippen LogP contribution in [-0.4, -0.2) is 50.5 Å². The molecule has 0 spiro atoms. The zero-order valence-electron chi connectivity index (χ0n) is 16.5. The Labute approximate surface area is 174 Å². The lowest BCUT2D eigenvalue weighted by Crippen LogP contribution is -2.38. The Morgan fingerprint density at radius 1 is 1.24 bits per heavy atom. The second-order valence-corrected chi connectivity index (χ2v) is 8.03. The number of rotatable bonds is 8. The van der Waals surface area contributed by atoms with E-state index >= 15 is 0 Å². The van der Waals surface area contributed by atoms with E-state index in [9.17, 15) is 4.79 Å². The zero-order chi connectivity index (χ0) is 20.1. The molecule has 1 amide bonds. The van der Waals surface area contributed by atoms with Crippen LogP contribution in [0.1, 0.15) is 18.9 Å². The third kappa shape index (κ3) is 4.89. The largest absolute Gasteiger partial charge is 0.461 e. The summed E-state index contributed by atoms with van der Waals surface area (Å²) in [4.78, 5) is 14.8. The number of likely N-dealkylation sites (tertiary alicyclic amines) is 1. The van der Waals surface area contributed by atoms with Gasteiger partial charge in [0.1, 0.15) is 0 Å². The molecule has 1 aliphatic rings. The maximum absolute atomic E-state index is 12.4. The van der Waals surface area contributed by atoms with Crippen LogP contribution in [-0.2, 0) is 17.9 Å². The van der Waals surface area contributed by atoms with E-state index in [4.69, 9.17) is 4.42 Å². The standard InChI is InChI=1S/C21H25N5O2S/c1-2-26-20(18-9-6-12-28-18)23-24-21(26)29-15-19(27)22-17-10-11-25(14-17)13-16-7-4-3-5-8-16/h3-9,12,17H,2,10-11,13-15H2,1H3,(H,22,27)/t17-/m1/s1. The highest BCUT2D eigenvalue weighted by atomic mass is 32.2. The van der Waals surface area contributed by atoms with Gasteiger partial charge in [0.05, 0.1) is 12.0 Å². The molecule has 4 rings (SSSR count). The third-order valence-corrected chi connectivity index (χ3v) is 5.96. The van der Waals surface area contributed by atoms with Crippen molar-refractivity contribution in [3.63, 3.8) is 0 Å². The van der Waals surface area contributed by atoms with Gasteiger partial charge in [0.15, 0.2) is 16.7 Å². The molecule has 29 heavy (non-hydrogen) atoms. The van der Waals surface area contributed by atoms with Gasteiger partial charge in [-0.2, -0.15) is 0 Å². The molecule has 8 heteroatoms. The van der Waals surface area contributed by atoms with Crippen molar-refractivity contribution in [2.24, 2.45) is 0 Å². The minimum Gasteiger partial charge on any atom is -0.461 e. The van der Waals surface area contributed by atoms with Crippen molar-refractivity contribution in [3.8, 4) is 11.6 Å². The quantitative estimate of drug-likeness (QED) is 0.574. The number of hydrogen-bond donors (Lipinski definition) is 1. The number of benzene rings is 1. The molecule has 1 aliphatic heterocycles. The fraction of sp³-hybridized carbons (Fsp3) is 0.381. The van der Waals surface area contributed by atoms with E-state index in [-0.39, 0.29) is 11.9 Å². The van der Waals surface area contributed by atoms with E-state index in [2.05, 4.69) is 44.7 Å². The highest BCUT2D eigenvalue weighted by molar-refractivity contribution is 7.99. The van der Waals surface area contributed by atoms with Crippen LogP contribution >= 0.6 is 11.8 Å². The molecule has 1 fully saturated rings. The van der Waals surface area contributed by atoms with Crippen molar-refractivity contribution in [3.05, 3.63) is 54.3 Å². The van der Waals surface area contributed by atoms with E-state index in [1.807, 2.05) is 29.7 Å². The minimum atomic E-state index is 0.0340. The topological polar surface area (TPSA) is 76.2 Å². The molecule has 1 saturated heterocycles. The number of aromatic nitrogens is 3. The summed E-state index contributed by atoms with van der Waals surface area (Å²) in [6, 6.07) is 14.3. The lowest BCUT2D eigenvalue weighted by molar-refractivity contribution is -0.119. The van der Waals surface area contributed by atoms with Gasteiger partial charge in [0.2, 0.25) is 5.91 Å². The predicted octanol–water partition coefficient (Wildman–Crippen LogP) is 3.04. The second kappa shape index (κ2) is 9.28. The van der Waals surface area contributed by atoms with Crippen LogP contribution in [0.4, 0.5) is 0 Å². The molecule has 1 aromatic carbocycles. The fourth-order valence-electron chi connectivity index (χ4n) is 3.60. The van der Waals surface area contributed by atoms with E-state index in [0.29, 0.717) is 23.9 Å². The van der Waals surface area contributed by atoms with Crippen molar-refractivity contribution >= 4 is 17.7 Å². The Morgan fingerprint density at radius 3 is 2.86 bits per heavy atom. The molecule has 1 atom stereocenters. The molecule has 0 unspecified atom stereocenters. The average molecular weight is 412 g/mol. The number of carbonyl (C=O) groups is 1. The molecule has 3 heterocycles. The molecule has 3 aromatic rings. The van der Waals surface area contributed by atoms with Gasteiger partial charge in [-0.25, -0.2) is 0 Å². The van der Waals surface area contributed by atoms with Gasteiger partial charge in [0, 0.05) is 32.2 Å². The van der Waals surface area contributed by atoms with Crippen molar-refractivity contribution < 1.29 is 9.21 Å². The molecule has 0 bridgehead atoms. The molecule has 1 N–H and O–H groups in total. The van der Waals surface area contributed by atoms with Gasteiger partial charge in [-0.1, -0.05) is 42.1 Å². The predicted molar refractivity (Wildman–Crippen MR) is 112 cm³/mol. The van der Waals surface area contributed by atoms with Gasteiger partial charge in [0.25, 0.3) is 0 Å². The van der Waals surface area contributed by atoms with Crippen LogP contribution in [0.25, 0.3) is 11.6 Å². The highest BCUT2D eigenvalue weighted by Crippen LogP contribution is 2.24. The van der Waals surface area contributed by atoms with Gasteiger partial charge in [-0.05, 0) is 31.0 Å². The highest BCUT2D eigenvalue weighted by Gasteiger charge is 2.24. The van der Waals surface area contributed by atoms with E-state index in [1.165, 1.54) is 17.3 Å². The molecular formula is C21H25N5O2S. The first kappa shape index (κ1) is 19.7. The van der Waals surface area contributed by atoms with E-state index in [0.717, 1.165) is 31.2 Å². The van der Waals surface area contributed by atoms with E-state index in [1.54, 1.807) is 6.26 Å². The molecule has 2 aromatic heterocycles. The average Bonchev–Trinajstić information content (AvgIpc) is 3.48. The molecule has 7 nitrogen and oxygen atoms in total. The van der Waals surface area contributed by atoms with Crippen LogP contribution in [0.2, 0.25) is 0 Å². The summed E-state index contributed by atoms with van der Waals surface area (Å²) in [5, 5.41) is 12.3. The van der Waals surface area contributed by atoms with Gasteiger partial charge in [-0.15, -0.1) is 10.2 Å². The number of furan rings is 1. The van der Waals surface area contributed by atoms with Crippen molar-refractivity contribution in [1.29, 1.82) is 0 Å². The number of thioether (sulfide) groups is 1. The summed E-state index contributed by atoms with van der Waals surface area (Å²) >= 11 is 1.41. The number of nitrogens with one attached hydrogen (secondary N) is 1. The maximum atomic E-state index is 12.4. The lowest BCUT2D eigenvalue weighted by atomic mass is 10.2. The first-order valence-electron chi connectivity index (χ1n) is 9.88. The summed E-state index contributed by atoms with van der Waals surface area (Å²) < 4.78 is 7.39. The Balaban J connectivity index is 1.27. The first-order chi connectivity index (χ1) is 14.2. The monoisotopic (exact) mass is 411 g/mol. The second-order valence-electron chi connectivity index (χ2n) is 7.09. The van der Waals surface area contributed by atoms with Crippen molar-refractivity contribution in [2.45, 2.75) is 37.6 Å². The number of hydrogen-bond acceptors (Lipinski definition) is 6. The number of amides is 1. The van der Waals surface area contributed by atoms with Gasteiger partial charge in [-0.3, -0.25) is 14.3 Å². The van der Waals surface area contributed by atoms with Gasteiger partial charge < -0.3 is 9.73 Å². The van der Waals surface area contributed by atoms with Crippen LogP contribution < -0.4 is 5.32 Å². The zero-order valence-corrected chi connectivity index (χ0v) is 17.3. The minimum absolute atomic E-state index is 0.0340. The van der Waals surface area contributed by atoms with Gasteiger partial charge >= 0.3 is 0 Å². The van der Waals surface area contributed by atoms with Crippen LogP contribution in [0.15, 0.2) is 58.3 Å². The number of nitrogens with zero attached hydrogens (tertiary/aromatic N) is 4. The van der Waals surface area contributed by atoms with Crippen LogP contribution in [0, 0.1) is 0 Å². The van der Waals surface area contributed by atoms with Crippen molar-refractivity contribution in [2.75, 3.05) is 18.8 Å². The smallest absolute Gasteiger partial charge is 0.230 e. The molecule has 0 saturated carbocycles.